The lowest BCUT2D eigenvalue weighted by Crippen LogP contribution is -2.33. The van der Waals surface area contributed by atoms with Crippen LogP contribution >= 0.6 is 11.6 Å². The summed E-state index contributed by atoms with van der Waals surface area (Å²) in [5.74, 6) is 0.130. The third-order valence-electron chi connectivity index (χ3n) is 3.81. The molecule has 1 amide bonds. The van der Waals surface area contributed by atoms with Crippen molar-refractivity contribution in [2.45, 2.75) is 52.0 Å². The van der Waals surface area contributed by atoms with E-state index in [1.807, 2.05) is 19.9 Å². The lowest BCUT2D eigenvalue weighted by molar-refractivity contribution is -0.121. The summed E-state index contributed by atoms with van der Waals surface area (Å²) in [5.41, 5.74) is 3.20. The number of hydrogen-bond donors (Lipinski definition) is 2. The van der Waals surface area contributed by atoms with Gasteiger partial charge in [-0.15, -0.1) is 0 Å². The second-order valence-electron chi connectivity index (χ2n) is 5.66. The highest BCUT2D eigenvalue weighted by Gasteiger charge is 2.16. The Kier molecular flexibility index (Phi) is 5.30. The van der Waals surface area contributed by atoms with Crippen molar-refractivity contribution in [3.8, 4) is 0 Å². The second-order valence-corrected chi connectivity index (χ2v) is 6.07. The molecule has 4 heteroatoms. The fourth-order valence-corrected chi connectivity index (χ4v) is 3.20. The van der Waals surface area contributed by atoms with E-state index in [1.165, 1.54) is 12.8 Å². The van der Waals surface area contributed by atoms with Crippen molar-refractivity contribution < 1.29 is 4.79 Å². The molecule has 1 saturated carbocycles. The zero-order valence-electron chi connectivity index (χ0n) is 12.3. The maximum absolute atomic E-state index is 11.8. The summed E-state index contributed by atoms with van der Waals surface area (Å²) in [4.78, 5) is 11.8. The molecule has 1 aromatic rings. The van der Waals surface area contributed by atoms with Gasteiger partial charge < -0.3 is 10.6 Å². The second kappa shape index (κ2) is 6.98. The van der Waals surface area contributed by atoms with E-state index in [-0.39, 0.29) is 5.91 Å². The van der Waals surface area contributed by atoms with Gasteiger partial charge in [0.2, 0.25) is 5.91 Å². The smallest absolute Gasteiger partial charge is 0.221 e. The van der Waals surface area contributed by atoms with Crippen LogP contribution in [0.2, 0.25) is 5.02 Å². The Morgan fingerprint density at radius 2 is 2.00 bits per heavy atom. The molecule has 0 radical (unpaired) electrons. The molecular formula is C16H23ClN2O. The SMILES string of the molecule is Cc1cc(C)c(NCCC(=O)NC2CCCC2)c(Cl)c1. The van der Waals surface area contributed by atoms with Crippen molar-refractivity contribution in [1.82, 2.24) is 5.32 Å². The van der Waals surface area contributed by atoms with Crippen molar-refractivity contribution in [2.75, 3.05) is 11.9 Å². The van der Waals surface area contributed by atoms with E-state index in [0.717, 1.165) is 34.7 Å². The first-order valence-corrected chi connectivity index (χ1v) is 7.74. The minimum Gasteiger partial charge on any atom is -0.383 e. The number of rotatable bonds is 5. The predicted octanol–water partition coefficient (Wildman–Crippen LogP) is 3.82. The van der Waals surface area contributed by atoms with Gasteiger partial charge in [-0.3, -0.25) is 4.79 Å². The van der Waals surface area contributed by atoms with Gasteiger partial charge in [0, 0.05) is 19.0 Å². The molecule has 0 unspecified atom stereocenters. The van der Waals surface area contributed by atoms with E-state index in [2.05, 4.69) is 16.7 Å². The Morgan fingerprint density at radius 3 is 2.65 bits per heavy atom. The van der Waals surface area contributed by atoms with Crippen LogP contribution < -0.4 is 10.6 Å². The third kappa shape index (κ3) is 4.14. The number of amides is 1. The van der Waals surface area contributed by atoms with Gasteiger partial charge in [0.1, 0.15) is 0 Å². The lowest BCUT2D eigenvalue weighted by Gasteiger charge is -2.14. The number of benzene rings is 1. The maximum Gasteiger partial charge on any atom is 0.221 e. The molecule has 0 bridgehead atoms. The van der Waals surface area contributed by atoms with E-state index >= 15 is 0 Å². The minimum absolute atomic E-state index is 0.130. The molecule has 110 valence electrons. The average Bonchev–Trinajstić information content (AvgIpc) is 2.85. The highest BCUT2D eigenvalue weighted by atomic mass is 35.5. The number of halogens is 1. The Balaban J connectivity index is 1.79. The van der Waals surface area contributed by atoms with Crippen molar-refractivity contribution in [3.63, 3.8) is 0 Å². The highest BCUT2D eigenvalue weighted by molar-refractivity contribution is 6.33. The first kappa shape index (κ1) is 15.2. The van der Waals surface area contributed by atoms with Crippen molar-refractivity contribution in [2.24, 2.45) is 0 Å². The Labute approximate surface area is 126 Å². The molecule has 0 saturated heterocycles. The molecule has 1 aliphatic rings. The molecule has 0 aromatic heterocycles. The van der Waals surface area contributed by atoms with Crippen LogP contribution in [0.4, 0.5) is 5.69 Å². The summed E-state index contributed by atoms with van der Waals surface area (Å²) >= 11 is 6.22. The Morgan fingerprint density at radius 1 is 1.30 bits per heavy atom. The molecule has 0 heterocycles. The number of aryl methyl sites for hydroxylation is 2. The molecule has 0 spiro atoms. The van der Waals surface area contributed by atoms with Gasteiger partial charge in [0.05, 0.1) is 10.7 Å². The number of carbonyl (C=O) groups excluding carboxylic acids is 1. The van der Waals surface area contributed by atoms with Gasteiger partial charge in [-0.2, -0.15) is 0 Å². The molecule has 1 aromatic carbocycles. The molecule has 0 aliphatic heterocycles. The molecule has 3 nitrogen and oxygen atoms in total. The topological polar surface area (TPSA) is 41.1 Å². The summed E-state index contributed by atoms with van der Waals surface area (Å²) < 4.78 is 0. The molecule has 1 aliphatic carbocycles. The van der Waals surface area contributed by atoms with Gasteiger partial charge >= 0.3 is 0 Å². The number of carbonyl (C=O) groups is 1. The molecule has 0 atom stereocenters. The zero-order valence-corrected chi connectivity index (χ0v) is 13.0. The van der Waals surface area contributed by atoms with Crippen LogP contribution in [0, 0.1) is 13.8 Å². The van der Waals surface area contributed by atoms with Crippen molar-refractivity contribution in [3.05, 3.63) is 28.3 Å². The van der Waals surface area contributed by atoms with Crippen LogP contribution in [-0.4, -0.2) is 18.5 Å². The van der Waals surface area contributed by atoms with Crippen LogP contribution in [0.1, 0.15) is 43.2 Å². The van der Waals surface area contributed by atoms with Gasteiger partial charge in [0.25, 0.3) is 0 Å². The summed E-state index contributed by atoms with van der Waals surface area (Å²) in [5, 5.41) is 7.08. The Bertz CT molecular complexity index is 458. The minimum atomic E-state index is 0.130. The molecular weight excluding hydrogens is 272 g/mol. The van der Waals surface area contributed by atoms with Crippen LogP contribution in [0.25, 0.3) is 0 Å². The fourth-order valence-electron chi connectivity index (χ4n) is 2.81. The van der Waals surface area contributed by atoms with E-state index in [1.54, 1.807) is 0 Å². The molecule has 1 fully saturated rings. The molecule has 2 N–H and O–H groups in total. The zero-order chi connectivity index (χ0) is 14.5. The summed E-state index contributed by atoms with van der Waals surface area (Å²) in [6.07, 6.45) is 5.22. The van der Waals surface area contributed by atoms with E-state index in [9.17, 15) is 4.79 Å². The van der Waals surface area contributed by atoms with Crippen LogP contribution in [-0.2, 0) is 4.79 Å². The average molecular weight is 295 g/mol. The largest absolute Gasteiger partial charge is 0.383 e. The number of hydrogen-bond acceptors (Lipinski definition) is 2. The maximum atomic E-state index is 11.8. The van der Waals surface area contributed by atoms with Crippen LogP contribution in [0.15, 0.2) is 12.1 Å². The van der Waals surface area contributed by atoms with Gasteiger partial charge in [-0.1, -0.05) is 30.5 Å². The third-order valence-corrected chi connectivity index (χ3v) is 4.10. The highest BCUT2D eigenvalue weighted by Crippen LogP contribution is 2.27. The summed E-state index contributed by atoms with van der Waals surface area (Å²) in [7, 11) is 0. The normalized spacial score (nSPS) is 15.3. The molecule has 20 heavy (non-hydrogen) atoms. The van der Waals surface area contributed by atoms with E-state index in [4.69, 9.17) is 11.6 Å². The van der Waals surface area contributed by atoms with Crippen LogP contribution in [0.5, 0.6) is 0 Å². The number of anilines is 1. The fraction of sp³-hybridized carbons (Fsp3) is 0.562. The lowest BCUT2D eigenvalue weighted by atomic mass is 10.1. The van der Waals surface area contributed by atoms with E-state index < -0.39 is 0 Å². The summed E-state index contributed by atoms with van der Waals surface area (Å²) in [6.45, 7) is 4.67. The van der Waals surface area contributed by atoms with Gasteiger partial charge in [-0.05, 0) is 43.9 Å². The number of nitrogens with one attached hydrogen (secondary N) is 2. The van der Waals surface area contributed by atoms with Gasteiger partial charge in [0.15, 0.2) is 0 Å². The first-order valence-electron chi connectivity index (χ1n) is 7.36. The van der Waals surface area contributed by atoms with Crippen molar-refractivity contribution >= 4 is 23.2 Å². The first-order chi connectivity index (χ1) is 9.56. The Hall–Kier alpha value is -1.22. The standard InChI is InChI=1S/C16H23ClN2O/c1-11-9-12(2)16(14(17)10-11)18-8-7-15(20)19-13-5-3-4-6-13/h9-10,13,18H,3-8H2,1-2H3,(H,19,20). The van der Waals surface area contributed by atoms with Gasteiger partial charge in [-0.25, -0.2) is 0 Å². The summed E-state index contributed by atoms with van der Waals surface area (Å²) in [6, 6.07) is 4.43. The molecule has 2 rings (SSSR count). The quantitative estimate of drug-likeness (QED) is 0.867. The van der Waals surface area contributed by atoms with Crippen molar-refractivity contribution in [1.29, 1.82) is 0 Å². The van der Waals surface area contributed by atoms with Crippen LogP contribution in [0.3, 0.4) is 0 Å². The monoisotopic (exact) mass is 294 g/mol. The van der Waals surface area contributed by atoms with E-state index in [0.29, 0.717) is 19.0 Å². The predicted molar refractivity (Wildman–Crippen MR) is 84.4 cm³/mol.